The molecule has 1 heterocycles. The van der Waals surface area contributed by atoms with Crippen LogP contribution in [0.2, 0.25) is 0 Å². The molecule has 3 nitrogen and oxygen atoms in total. The summed E-state index contributed by atoms with van der Waals surface area (Å²) in [6.07, 6.45) is 4.18. The smallest absolute Gasteiger partial charge is 0.164 e. The van der Waals surface area contributed by atoms with Gasteiger partial charge in [0.05, 0.1) is 0 Å². The molecule has 0 fully saturated rings. The van der Waals surface area contributed by atoms with Gasteiger partial charge in [-0.1, -0.05) is 123 Å². The van der Waals surface area contributed by atoms with E-state index in [0.717, 1.165) is 42.4 Å². The van der Waals surface area contributed by atoms with E-state index in [9.17, 15) is 0 Å². The Bertz CT molecular complexity index is 2470. The molecular formula is C46H35N3. The standard InChI is InChI=1S/C46H35N3/c1-46(2)41-18-9-8-17-37(41)40-25-31-15-10-14-30-24-33(21-22-36(30)39(31)27-42(40)46)44-47-43(28-11-4-3-5-12-28)48-45(49-44)34-20-19-32-23-29-13-6-7-16-35(29)38(32)26-34/h3-9,11-13,16-22,24-27H,10,14-15,23H2,1-2H3. The predicted molar refractivity (Wildman–Crippen MR) is 199 cm³/mol. The van der Waals surface area contributed by atoms with Gasteiger partial charge < -0.3 is 0 Å². The summed E-state index contributed by atoms with van der Waals surface area (Å²) in [6, 6.07) is 46.4. The molecule has 0 radical (unpaired) electrons. The summed E-state index contributed by atoms with van der Waals surface area (Å²) in [5.41, 5.74) is 19.5. The Balaban J connectivity index is 1.10. The molecule has 0 amide bonds. The lowest BCUT2D eigenvalue weighted by atomic mass is 9.80. The van der Waals surface area contributed by atoms with Gasteiger partial charge >= 0.3 is 0 Å². The van der Waals surface area contributed by atoms with Crippen LogP contribution >= 0.6 is 0 Å². The molecule has 234 valence electrons. The highest BCUT2D eigenvalue weighted by Crippen LogP contribution is 2.51. The van der Waals surface area contributed by atoms with Gasteiger partial charge in [-0.2, -0.15) is 0 Å². The Hall–Kier alpha value is -5.67. The van der Waals surface area contributed by atoms with Crippen molar-refractivity contribution in [2.45, 2.75) is 44.9 Å². The fourth-order valence-electron chi connectivity index (χ4n) is 8.54. The first-order chi connectivity index (χ1) is 24.0. The monoisotopic (exact) mass is 629 g/mol. The Kier molecular flexibility index (Phi) is 6.17. The van der Waals surface area contributed by atoms with Crippen molar-refractivity contribution in [3.05, 3.63) is 161 Å². The van der Waals surface area contributed by atoms with Gasteiger partial charge in [0.15, 0.2) is 17.5 Å². The molecule has 0 saturated heterocycles. The van der Waals surface area contributed by atoms with Crippen LogP contribution in [0.3, 0.4) is 0 Å². The van der Waals surface area contributed by atoms with Crippen LogP contribution in [0.4, 0.5) is 0 Å². The van der Waals surface area contributed by atoms with E-state index in [1.807, 2.05) is 18.2 Å². The molecule has 0 saturated carbocycles. The molecule has 10 rings (SSSR count). The highest BCUT2D eigenvalue weighted by molar-refractivity contribution is 5.87. The first-order valence-corrected chi connectivity index (χ1v) is 17.5. The van der Waals surface area contributed by atoms with Crippen molar-refractivity contribution in [3.63, 3.8) is 0 Å². The summed E-state index contributed by atoms with van der Waals surface area (Å²) in [6.45, 7) is 4.74. The molecule has 0 unspecified atom stereocenters. The van der Waals surface area contributed by atoms with Gasteiger partial charge in [0, 0.05) is 22.1 Å². The second-order valence-corrected chi connectivity index (χ2v) is 14.3. The maximum atomic E-state index is 5.16. The fraction of sp³-hybridized carbons (Fsp3) is 0.152. The maximum Gasteiger partial charge on any atom is 0.164 e. The molecule has 3 heteroatoms. The van der Waals surface area contributed by atoms with E-state index in [4.69, 9.17) is 15.0 Å². The second kappa shape index (κ2) is 10.7. The van der Waals surface area contributed by atoms with E-state index in [0.29, 0.717) is 17.5 Å². The van der Waals surface area contributed by atoms with Crippen LogP contribution in [-0.4, -0.2) is 15.0 Å². The minimum atomic E-state index is -0.0257. The van der Waals surface area contributed by atoms with Crippen molar-refractivity contribution in [1.29, 1.82) is 0 Å². The number of hydrogen-bond donors (Lipinski definition) is 0. The van der Waals surface area contributed by atoms with Gasteiger partial charge in [-0.25, -0.2) is 15.0 Å². The highest BCUT2D eigenvalue weighted by Gasteiger charge is 2.36. The minimum absolute atomic E-state index is 0.0257. The third-order valence-corrected chi connectivity index (χ3v) is 11.1. The van der Waals surface area contributed by atoms with Crippen molar-refractivity contribution in [1.82, 2.24) is 15.0 Å². The molecular weight excluding hydrogens is 595 g/mol. The minimum Gasteiger partial charge on any atom is -0.208 e. The molecule has 3 aliphatic carbocycles. The molecule has 0 spiro atoms. The van der Waals surface area contributed by atoms with Crippen LogP contribution in [0.15, 0.2) is 127 Å². The predicted octanol–water partition coefficient (Wildman–Crippen LogP) is 10.9. The van der Waals surface area contributed by atoms with E-state index in [2.05, 4.69) is 123 Å². The number of aryl methyl sites for hydroxylation is 2. The van der Waals surface area contributed by atoms with Crippen molar-refractivity contribution in [2.75, 3.05) is 0 Å². The molecule has 0 atom stereocenters. The van der Waals surface area contributed by atoms with E-state index in [1.165, 1.54) is 66.8 Å². The van der Waals surface area contributed by atoms with Crippen LogP contribution in [0.1, 0.15) is 53.6 Å². The number of aromatic nitrogens is 3. The van der Waals surface area contributed by atoms with Gasteiger partial charge in [0.25, 0.3) is 0 Å². The summed E-state index contributed by atoms with van der Waals surface area (Å²) in [4.78, 5) is 15.3. The Labute approximate surface area is 287 Å². The van der Waals surface area contributed by atoms with Crippen LogP contribution in [0.5, 0.6) is 0 Å². The van der Waals surface area contributed by atoms with Gasteiger partial charge in [-0.3, -0.25) is 0 Å². The topological polar surface area (TPSA) is 38.7 Å². The number of hydrogen-bond acceptors (Lipinski definition) is 3. The molecule has 6 aromatic carbocycles. The zero-order valence-electron chi connectivity index (χ0n) is 27.8. The average molecular weight is 630 g/mol. The van der Waals surface area contributed by atoms with Crippen molar-refractivity contribution in [3.8, 4) is 67.5 Å². The first kappa shape index (κ1) is 28.4. The van der Waals surface area contributed by atoms with Crippen molar-refractivity contribution in [2.24, 2.45) is 0 Å². The summed E-state index contributed by atoms with van der Waals surface area (Å²) in [5, 5.41) is 0. The largest absolute Gasteiger partial charge is 0.208 e. The quantitative estimate of drug-likeness (QED) is 0.195. The zero-order valence-corrected chi connectivity index (χ0v) is 27.8. The molecule has 0 aliphatic heterocycles. The van der Waals surface area contributed by atoms with Gasteiger partial charge in [-0.05, 0) is 111 Å². The third kappa shape index (κ3) is 4.45. The molecule has 0 bridgehead atoms. The Morgan fingerprint density at radius 1 is 0.408 bits per heavy atom. The fourth-order valence-corrected chi connectivity index (χ4v) is 8.54. The van der Waals surface area contributed by atoms with E-state index in [-0.39, 0.29) is 5.41 Å². The van der Waals surface area contributed by atoms with E-state index >= 15 is 0 Å². The highest BCUT2D eigenvalue weighted by atomic mass is 15.0. The normalized spacial score (nSPS) is 14.6. The first-order valence-electron chi connectivity index (χ1n) is 17.5. The molecule has 7 aromatic rings. The Morgan fingerprint density at radius 3 is 1.82 bits per heavy atom. The number of fused-ring (bicyclic) bond motifs is 9. The summed E-state index contributed by atoms with van der Waals surface area (Å²) in [5.74, 6) is 2.11. The van der Waals surface area contributed by atoms with Crippen LogP contribution in [-0.2, 0) is 24.7 Å². The van der Waals surface area contributed by atoms with Gasteiger partial charge in [-0.15, -0.1) is 0 Å². The molecule has 49 heavy (non-hydrogen) atoms. The second-order valence-electron chi connectivity index (χ2n) is 14.3. The summed E-state index contributed by atoms with van der Waals surface area (Å²) < 4.78 is 0. The summed E-state index contributed by atoms with van der Waals surface area (Å²) in [7, 11) is 0. The number of nitrogens with zero attached hydrogens (tertiary/aromatic N) is 3. The Morgan fingerprint density at radius 2 is 1.00 bits per heavy atom. The van der Waals surface area contributed by atoms with E-state index < -0.39 is 0 Å². The van der Waals surface area contributed by atoms with Crippen molar-refractivity contribution >= 4 is 0 Å². The maximum absolute atomic E-state index is 5.16. The van der Waals surface area contributed by atoms with Crippen LogP contribution in [0.25, 0.3) is 67.5 Å². The number of benzene rings is 6. The van der Waals surface area contributed by atoms with Gasteiger partial charge in [0.2, 0.25) is 0 Å². The lowest BCUT2D eigenvalue weighted by Crippen LogP contribution is -2.15. The third-order valence-electron chi connectivity index (χ3n) is 11.1. The molecule has 0 N–H and O–H groups in total. The summed E-state index contributed by atoms with van der Waals surface area (Å²) >= 11 is 0. The van der Waals surface area contributed by atoms with Crippen LogP contribution in [0, 0.1) is 0 Å². The van der Waals surface area contributed by atoms with E-state index in [1.54, 1.807) is 0 Å². The van der Waals surface area contributed by atoms with Gasteiger partial charge in [0.1, 0.15) is 0 Å². The lowest BCUT2D eigenvalue weighted by molar-refractivity contribution is 0.660. The lowest BCUT2D eigenvalue weighted by Gasteiger charge is -2.23. The molecule has 1 aromatic heterocycles. The molecule has 3 aliphatic rings. The zero-order chi connectivity index (χ0) is 32.7. The SMILES string of the molecule is CC1(C)c2ccccc2-c2cc3c(cc21)-c1ccc(-c2nc(-c4ccccc4)nc(-c4ccc5c(c4)-c4ccccc4C5)n2)cc1CCC3. The number of rotatable bonds is 3. The van der Waals surface area contributed by atoms with Crippen molar-refractivity contribution < 1.29 is 0 Å². The van der Waals surface area contributed by atoms with Crippen LogP contribution < -0.4 is 0 Å². The average Bonchev–Trinajstić information content (AvgIpc) is 3.55.